The molecule has 0 radical (unpaired) electrons. The Labute approximate surface area is 124 Å². The van der Waals surface area contributed by atoms with Crippen LogP contribution in [0, 0.1) is 0 Å². The van der Waals surface area contributed by atoms with Crippen LogP contribution in [0.4, 0.5) is 5.69 Å². The third-order valence-electron chi connectivity index (χ3n) is 2.68. The van der Waals surface area contributed by atoms with Crippen molar-refractivity contribution in [3.05, 3.63) is 53.7 Å². The average Bonchev–Trinajstić information content (AvgIpc) is 3.12. The summed E-state index contributed by atoms with van der Waals surface area (Å²) < 4.78 is 9.99. The van der Waals surface area contributed by atoms with E-state index in [-0.39, 0.29) is 12.3 Å². The van der Waals surface area contributed by atoms with Crippen LogP contribution in [0.3, 0.4) is 0 Å². The minimum atomic E-state index is -0.239. The van der Waals surface area contributed by atoms with Gasteiger partial charge in [0.15, 0.2) is 5.82 Å². The Bertz CT molecular complexity index is 735. The van der Waals surface area contributed by atoms with Crippen molar-refractivity contribution < 1.29 is 13.7 Å². The van der Waals surface area contributed by atoms with Crippen LogP contribution < -0.4 is 5.32 Å². The van der Waals surface area contributed by atoms with Crippen LogP contribution in [0.25, 0.3) is 11.5 Å². The highest BCUT2D eigenvalue weighted by molar-refractivity contribution is 6.30. The second-order valence-electron chi connectivity index (χ2n) is 4.26. The van der Waals surface area contributed by atoms with E-state index < -0.39 is 0 Å². The van der Waals surface area contributed by atoms with E-state index in [0.717, 1.165) is 0 Å². The number of hydrogen-bond donors (Lipinski definition) is 1. The molecule has 1 amide bonds. The fourth-order valence-electron chi connectivity index (χ4n) is 1.71. The zero-order chi connectivity index (χ0) is 14.7. The van der Waals surface area contributed by atoms with Gasteiger partial charge in [0.2, 0.25) is 5.91 Å². The molecule has 0 unspecified atom stereocenters. The summed E-state index contributed by atoms with van der Waals surface area (Å²) in [5.74, 6) is 0.382. The lowest BCUT2D eigenvalue weighted by molar-refractivity contribution is -0.115. The van der Waals surface area contributed by atoms with Crippen LogP contribution >= 0.6 is 11.6 Å². The quantitative estimate of drug-likeness (QED) is 0.800. The van der Waals surface area contributed by atoms with Crippen LogP contribution in [-0.2, 0) is 11.2 Å². The molecule has 0 saturated heterocycles. The molecule has 0 bridgehead atoms. The standard InChI is InChI=1S/C14H10ClN3O3/c15-10-1-3-11(4-2-10)16-13(19)7-12-17-14(21-18-12)9-5-6-20-8-9/h1-6,8H,7H2,(H,16,19). The lowest BCUT2D eigenvalue weighted by Crippen LogP contribution is -2.15. The Morgan fingerprint density at radius 2 is 2.05 bits per heavy atom. The number of halogens is 1. The molecular weight excluding hydrogens is 294 g/mol. The predicted molar refractivity (Wildman–Crippen MR) is 75.8 cm³/mol. The highest BCUT2D eigenvalue weighted by atomic mass is 35.5. The van der Waals surface area contributed by atoms with Crippen molar-refractivity contribution in [3.63, 3.8) is 0 Å². The van der Waals surface area contributed by atoms with Crippen molar-refractivity contribution in [1.82, 2.24) is 10.1 Å². The van der Waals surface area contributed by atoms with E-state index in [1.165, 1.54) is 12.5 Å². The molecule has 0 atom stereocenters. The number of hydrogen-bond acceptors (Lipinski definition) is 5. The average molecular weight is 304 g/mol. The van der Waals surface area contributed by atoms with Crippen LogP contribution in [0.2, 0.25) is 5.02 Å². The Morgan fingerprint density at radius 1 is 1.24 bits per heavy atom. The van der Waals surface area contributed by atoms with Gasteiger partial charge in [0.25, 0.3) is 5.89 Å². The molecule has 6 nitrogen and oxygen atoms in total. The van der Waals surface area contributed by atoms with E-state index in [9.17, 15) is 4.79 Å². The molecular formula is C14H10ClN3O3. The SMILES string of the molecule is O=C(Cc1noc(-c2ccoc2)n1)Nc1ccc(Cl)cc1. The fraction of sp³-hybridized carbons (Fsp3) is 0.0714. The number of furan rings is 1. The number of nitrogens with zero attached hydrogens (tertiary/aromatic N) is 2. The molecule has 1 N–H and O–H groups in total. The first-order valence-corrected chi connectivity index (χ1v) is 6.49. The maximum atomic E-state index is 11.9. The first-order valence-electron chi connectivity index (χ1n) is 6.11. The van der Waals surface area contributed by atoms with Crippen molar-refractivity contribution in [2.75, 3.05) is 5.32 Å². The maximum Gasteiger partial charge on any atom is 0.261 e. The summed E-state index contributed by atoms with van der Waals surface area (Å²) in [6.07, 6.45) is 3.02. The Morgan fingerprint density at radius 3 is 2.76 bits per heavy atom. The van der Waals surface area contributed by atoms with Crippen LogP contribution in [0.15, 0.2) is 51.8 Å². The summed E-state index contributed by atoms with van der Waals surface area (Å²) in [6, 6.07) is 8.52. The molecule has 21 heavy (non-hydrogen) atoms. The van der Waals surface area contributed by atoms with Crippen molar-refractivity contribution in [2.45, 2.75) is 6.42 Å². The molecule has 0 spiro atoms. The second-order valence-corrected chi connectivity index (χ2v) is 4.70. The summed E-state index contributed by atoms with van der Waals surface area (Å²) in [6.45, 7) is 0. The van der Waals surface area contributed by atoms with Crippen molar-refractivity contribution in [3.8, 4) is 11.5 Å². The van der Waals surface area contributed by atoms with Gasteiger partial charge in [-0.3, -0.25) is 4.79 Å². The second kappa shape index (κ2) is 5.80. The van der Waals surface area contributed by atoms with Crippen LogP contribution in [0.5, 0.6) is 0 Å². The molecule has 0 fully saturated rings. The summed E-state index contributed by atoms with van der Waals surface area (Å²) in [5, 5.41) is 7.09. The van der Waals surface area contributed by atoms with Gasteiger partial charge in [0.05, 0.1) is 18.2 Å². The lowest BCUT2D eigenvalue weighted by Gasteiger charge is -2.02. The number of carbonyl (C=O) groups is 1. The summed E-state index contributed by atoms with van der Waals surface area (Å²) in [7, 11) is 0. The Kier molecular flexibility index (Phi) is 3.70. The third-order valence-corrected chi connectivity index (χ3v) is 2.93. The predicted octanol–water partition coefficient (Wildman–Crippen LogP) is 3.16. The number of anilines is 1. The Hall–Kier alpha value is -2.60. The Balaban J connectivity index is 1.64. The number of benzene rings is 1. The monoisotopic (exact) mass is 303 g/mol. The number of nitrogens with one attached hydrogen (secondary N) is 1. The van der Waals surface area contributed by atoms with E-state index in [1.54, 1.807) is 30.3 Å². The maximum absolute atomic E-state index is 11.9. The van der Waals surface area contributed by atoms with Gasteiger partial charge in [-0.05, 0) is 30.3 Å². The lowest BCUT2D eigenvalue weighted by atomic mass is 10.3. The number of amides is 1. The third kappa shape index (κ3) is 3.29. The van der Waals surface area contributed by atoms with Gasteiger partial charge in [-0.2, -0.15) is 4.98 Å². The van der Waals surface area contributed by atoms with Crippen molar-refractivity contribution in [2.24, 2.45) is 0 Å². The normalized spacial score (nSPS) is 10.5. The van der Waals surface area contributed by atoms with Crippen molar-refractivity contribution >= 4 is 23.2 Å². The molecule has 106 valence electrons. The van der Waals surface area contributed by atoms with Gasteiger partial charge < -0.3 is 14.3 Å². The van der Waals surface area contributed by atoms with Gasteiger partial charge in [0.1, 0.15) is 6.26 Å². The van der Waals surface area contributed by atoms with E-state index in [2.05, 4.69) is 15.5 Å². The van der Waals surface area contributed by atoms with Gasteiger partial charge in [0, 0.05) is 10.7 Å². The first kappa shape index (κ1) is 13.4. The topological polar surface area (TPSA) is 81.2 Å². The van der Waals surface area contributed by atoms with Crippen LogP contribution in [-0.4, -0.2) is 16.0 Å². The molecule has 0 aliphatic rings. The molecule has 3 aromatic rings. The highest BCUT2D eigenvalue weighted by Gasteiger charge is 2.13. The van der Waals surface area contributed by atoms with E-state index >= 15 is 0 Å². The smallest absolute Gasteiger partial charge is 0.261 e. The minimum Gasteiger partial charge on any atom is -0.472 e. The van der Waals surface area contributed by atoms with Gasteiger partial charge in [-0.15, -0.1) is 0 Å². The minimum absolute atomic E-state index is 0.0178. The van der Waals surface area contributed by atoms with Gasteiger partial charge >= 0.3 is 0 Å². The van der Waals surface area contributed by atoms with E-state index in [1.807, 2.05) is 0 Å². The molecule has 0 aliphatic heterocycles. The molecule has 2 heterocycles. The van der Waals surface area contributed by atoms with E-state index in [0.29, 0.717) is 28.0 Å². The van der Waals surface area contributed by atoms with Gasteiger partial charge in [-0.25, -0.2) is 0 Å². The first-order chi connectivity index (χ1) is 10.2. The van der Waals surface area contributed by atoms with Crippen LogP contribution in [0.1, 0.15) is 5.82 Å². The largest absolute Gasteiger partial charge is 0.472 e. The molecule has 0 saturated carbocycles. The number of rotatable bonds is 4. The molecule has 2 aromatic heterocycles. The summed E-state index contributed by atoms with van der Waals surface area (Å²) in [4.78, 5) is 16.0. The molecule has 0 aliphatic carbocycles. The summed E-state index contributed by atoms with van der Waals surface area (Å²) >= 11 is 5.78. The number of aromatic nitrogens is 2. The van der Waals surface area contributed by atoms with E-state index in [4.69, 9.17) is 20.5 Å². The number of carbonyl (C=O) groups excluding carboxylic acids is 1. The van der Waals surface area contributed by atoms with Crippen molar-refractivity contribution in [1.29, 1.82) is 0 Å². The van der Waals surface area contributed by atoms with Gasteiger partial charge in [-0.1, -0.05) is 16.8 Å². The molecule has 1 aromatic carbocycles. The zero-order valence-corrected chi connectivity index (χ0v) is 11.5. The summed E-state index contributed by atoms with van der Waals surface area (Å²) in [5.41, 5.74) is 1.33. The molecule has 7 heteroatoms. The molecule has 3 rings (SSSR count). The fourth-order valence-corrected chi connectivity index (χ4v) is 1.84. The zero-order valence-electron chi connectivity index (χ0n) is 10.7. The highest BCUT2D eigenvalue weighted by Crippen LogP contribution is 2.17.